The highest BCUT2D eigenvalue weighted by molar-refractivity contribution is 14.0. The molecular weight excluding hydrogens is 397 g/mol. The molecule has 122 valence electrons. The van der Waals surface area contributed by atoms with E-state index >= 15 is 0 Å². The lowest BCUT2D eigenvalue weighted by molar-refractivity contribution is 0.360. The number of nitrogens with zero attached hydrogens (tertiary/aromatic N) is 1. The van der Waals surface area contributed by atoms with Gasteiger partial charge in [0.05, 0.1) is 0 Å². The molecule has 4 heteroatoms. The Kier molecular flexibility index (Phi) is 5.68. The number of aliphatic imine (C=N–C) groups is 1. The number of hydrogen-bond acceptors (Lipinski definition) is 1. The lowest BCUT2D eigenvalue weighted by atomic mass is 9.87. The molecule has 1 aliphatic rings. The Balaban J connectivity index is 0.00000192. The molecule has 0 heterocycles. The molecule has 23 heavy (non-hydrogen) atoms. The monoisotopic (exact) mass is 421 g/mol. The molecule has 1 aliphatic carbocycles. The predicted octanol–water partition coefficient (Wildman–Crippen LogP) is 4.14. The van der Waals surface area contributed by atoms with Gasteiger partial charge < -0.3 is 11.1 Å². The summed E-state index contributed by atoms with van der Waals surface area (Å²) in [5, 5.41) is 3.17. The van der Waals surface area contributed by atoms with Gasteiger partial charge in [-0.15, -0.1) is 24.0 Å². The number of halogens is 1. The summed E-state index contributed by atoms with van der Waals surface area (Å²) >= 11 is 0. The van der Waals surface area contributed by atoms with E-state index in [1.54, 1.807) is 0 Å². The summed E-state index contributed by atoms with van der Waals surface area (Å²) < 4.78 is 0. The van der Waals surface area contributed by atoms with E-state index in [9.17, 15) is 0 Å². The molecule has 0 atom stereocenters. The molecule has 0 aliphatic heterocycles. The first-order valence-corrected chi connectivity index (χ1v) is 7.74. The molecule has 0 aromatic heterocycles. The molecular formula is C19H24IN3. The summed E-state index contributed by atoms with van der Waals surface area (Å²) in [6, 6.07) is 16.8. The van der Waals surface area contributed by atoms with Crippen LogP contribution in [0.5, 0.6) is 0 Å². The third-order valence-electron chi connectivity index (χ3n) is 4.27. The summed E-state index contributed by atoms with van der Waals surface area (Å²) in [7, 11) is 0. The molecule has 0 amide bonds. The molecule has 3 N–H and O–H groups in total. The third kappa shape index (κ3) is 4.47. The van der Waals surface area contributed by atoms with Crippen LogP contribution in [0.3, 0.4) is 0 Å². The fraction of sp³-hybridized carbons (Fsp3) is 0.316. The van der Waals surface area contributed by atoms with Crippen molar-refractivity contribution in [3.8, 4) is 0 Å². The molecule has 0 saturated heterocycles. The van der Waals surface area contributed by atoms with E-state index in [1.165, 1.54) is 16.7 Å². The van der Waals surface area contributed by atoms with Crippen molar-refractivity contribution in [1.29, 1.82) is 0 Å². The lowest BCUT2D eigenvalue weighted by Crippen LogP contribution is -2.27. The molecule has 3 nitrogen and oxygen atoms in total. The van der Waals surface area contributed by atoms with E-state index in [1.807, 2.05) is 12.1 Å². The first-order valence-electron chi connectivity index (χ1n) is 7.74. The van der Waals surface area contributed by atoms with Crippen molar-refractivity contribution in [1.82, 2.24) is 0 Å². The number of rotatable bonds is 3. The van der Waals surface area contributed by atoms with Crippen LogP contribution in [0.1, 0.15) is 23.6 Å². The van der Waals surface area contributed by atoms with Gasteiger partial charge in [0.2, 0.25) is 0 Å². The first-order chi connectivity index (χ1) is 10.5. The number of anilines is 1. The van der Waals surface area contributed by atoms with Crippen molar-refractivity contribution in [3.63, 3.8) is 0 Å². The highest BCUT2D eigenvalue weighted by atomic mass is 127. The molecule has 0 fully saturated rings. The first kappa shape index (κ1) is 17.8. The summed E-state index contributed by atoms with van der Waals surface area (Å²) in [5.74, 6) is 0.489. The van der Waals surface area contributed by atoms with E-state index < -0.39 is 0 Å². The van der Waals surface area contributed by atoms with Crippen LogP contribution < -0.4 is 11.1 Å². The van der Waals surface area contributed by atoms with Crippen LogP contribution in [0.25, 0.3) is 0 Å². The smallest absolute Gasteiger partial charge is 0.193 e. The largest absolute Gasteiger partial charge is 0.370 e. The van der Waals surface area contributed by atoms with Crippen LogP contribution in [-0.4, -0.2) is 12.5 Å². The Labute approximate surface area is 155 Å². The van der Waals surface area contributed by atoms with Gasteiger partial charge in [0.1, 0.15) is 0 Å². The Morgan fingerprint density at radius 3 is 2.39 bits per heavy atom. The van der Waals surface area contributed by atoms with Crippen molar-refractivity contribution in [2.45, 2.75) is 26.7 Å². The normalized spacial score (nSPS) is 15.7. The topological polar surface area (TPSA) is 50.4 Å². The summed E-state index contributed by atoms with van der Waals surface area (Å²) in [6.07, 6.45) is 2.15. The van der Waals surface area contributed by atoms with Crippen molar-refractivity contribution in [2.24, 2.45) is 16.1 Å². The quantitative estimate of drug-likeness (QED) is 0.445. The minimum Gasteiger partial charge on any atom is -0.370 e. The molecule has 0 unspecified atom stereocenters. The fourth-order valence-electron chi connectivity index (χ4n) is 3.18. The zero-order chi connectivity index (χ0) is 15.6. The van der Waals surface area contributed by atoms with Crippen LogP contribution in [0.15, 0.2) is 53.5 Å². The van der Waals surface area contributed by atoms with Crippen molar-refractivity contribution in [3.05, 3.63) is 65.2 Å². The maximum Gasteiger partial charge on any atom is 0.193 e. The maximum atomic E-state index is 6.04. The number of guanidine groups is 1. The van der Waals surface area contributed by atoms with Crippen LogP contribution in [0.4, 0.5) is 5.69 Å². The summed E-state index contributed by atoms with van der Waals surface area (Å²) in [4.78, 5) is 4.57. The predicted molar refractivity (Wildman–Crippen MR) is 109 cm³/mol. The number of nitrogens with two attached hydrogens (primary N) is 1. The van der Waals surface area contributed by atoms with Gasteiger partial charge >= 0.3 is 0 Å². The highest BCUT2D eigenvalue weighted by Crippen LogP contribution is 2.36. The summed E-state index contributed by atoms with van der Waals surface area (Å²) in [6.45, 7) is 5.10. The van der Waals surface area contributed by atoms with Gasteiger partial charge in [-0.05, 0) is 54.0 Å². The highest BCUT2D eigenvalue weighted by Gasteiger charge is 2.32. The summed E-state index contributed by atoms with van der Waals surface area (Å²) in [5.41, 5.74) is 11.3. The second-order valence-electron chi connectivity index (χ2n) is 6.63. The molecule has 0 saturated carbocycles. The van der Waals surface area contributed by atoms with Crippen molar-refractivity contribution >= 4 is 35.6 Å². The maximum absolute atomic E-state index is 6.04. The number of fused-ring (bicyclic) bond motifs is 1. The van der Waals surface area contributed by atoms with Crippen LogP contribution in [-0.2, 0) is 12.8 Å². The Bertz CT molecular complexity index is 684. The van der Waals surface area contributed by atoms with Crippen LogP contribution in [0.2, 0.25) is 0 Å². The Hall–Kier alpha value is -1.56. The Morgan fingerprint density at radius 1 is 1.13 bits per heavy atom. The third-order valence-corrected chi connectivity index (χ3v) is 4.27. The SMILES string of the molecule is Cc1cccc(NC(N)=NCC2(C)Cc3ccccc3C2)c1.I. The molecule has 2 aromatic rings. The van der Waals surface area contributed by atoms with E-state index in [-0.39, 0.29) is 29.4 Å². The number of nitrogens with one attached hydrogen (secondary N) is 1. The van der Waals surface area contributed by atoms with E-state index in [0.717, 1.165) is 25.1 Å². The zero-order valence-corrected chi connectivity index (χ0v) is 16.0. The van der Waals surface area contributed by atoms with Gasteiger partial charge in [-0.25, -0.2) is 0 Å². The van der Waals surface area contributed by atoms with Crippen LogP contribution >= 0.6 is 24.0 Å². The standard InChI is InChI=1S/C19H23N3.HI/c1-14-6-5-9-17(10-14)22-18(20)21-13-19(2)11-15-7-3-4-8-16(15)12-19;/h3-10H,11-13H2,1-2H3,(H3,20,21,22);1H. The zero-order valence-electron chi connectivity index (χ0n) is 13.7. The minimum atomic E-state index is 0. The molecule has 2 aromatic carbocycles. The van der Waals surface area contributed by atoms with Gasteiger partial charge in [-0.1, -0.05) is 43.3 Å². The fourth-order valence-corrected chi connectivity index (χ4v) is 3.18. The van der Waals surface area contributed by atoms with Gasteiger partial charge in [0, 0.05) is 12.2 Å². The molecule has 0 radical (unpaired) electrons. The van der Waals surface area contributed by atoms with E-state index in [2.05, 4.69) is 60.6 Å². The van der Waals surface area contributed by atoms with Gasteiger partial charge in [0.15, 0.2) is 5.96 Å². The van der Waals surface area contributed by atoms with Gasteiger partial charge in [-0.3, -0.25) is 4.99 Å². The second-order valence-corrected chi connectivity index (χ2v) is 6.63. The number of aryl methyl sites for hydroxylation is 1. The van der Waals surface area contributed by atoms with Gasteiger partial charge in [0.25, 0.3) is 0 Å². The van der Waals surface area contributed by atoms with Crippen molar-refractivity contribution in [2.75, 3.05) is 11.9 Å². The average molecular weight is 421 g/mol. The molecule has 0 bridgehead atoms. The van der Waals surface area contributed by atoms with Crippen LogP contribution in [0, 0.1) is 12.3 Å². The van der Waals surface area contributed by atoms with E-state index in [4.69, 9.17) is 5.73 Å². The lowest BCUT2D eigenvalue weighted by Gasteiger charge is -2.21. The average Bonchev–Trinajstić information content (AvgIpc) is 2.82. The second kappa shape index (κ2) is 7.34. The van der Waals surface area contributed by atoms with Crippen molar-refractivity contribution < 1.29 is 0 Å². The number of hydrogen-bond donors (Lipinski definition) is 2. The molecule has 0 spiro atoms. The van der Waals surface area contributed by atoms with Gasteiger partial charge in [-0.2, -0.15) is 0 Å². The number of benzene rings is 2. The molecule has 3 rings (SSSR count). The minimum absolute atomic E-state index is 0. The Morgan fingerprint density at radius 2 is 1.78 bits per heavy atom. The van der Waals surface area contributed by atoms with E-state index in [0.29, 0.717) is 5.96 Å².